The Labute approximate surface area is 207 Å². The molecule has 8 nitrogen and oxygen atoms in total. The summed E-state index contributed by atoms with van der Waals surface area (Å²) in [7, 11) is 1.33. The Kier molecular flexibility index (Phi) is 21.5. The zero-order chi connectivity index (χ0) is 25.5. The highest BCUT2D eigenvalue weighted by atomic mass is 16.6. The SMILES string of the molecule is CCCCCCCCCCCCCCCCCCOC(C(N)=O)(C(N)=O)C(COCCO)OC. The molecule has 0 aromatic rings. The van der Waals surface area contributed by atoms with Crippen molar-refractivity contribution in [2.75, 3.05) is 33.5 Å². The molecular weight excluding hydrogens is 436 g/mol. The first-order chi connectivity index (χ1) is 16.5. The van der Waals surface area contributed by atoms with Gasteiger partial charge in [-0.05, 0) is 6.42 Å². The van der Waals surface area contributed by atoms with Gasteiger partial charge < -0.3 is 30.8 Å². The van der Waals surface area contributed by atoms with Gasteiger partial charge in [-0.15, -0.1) is 0 Å². The second kappa shape index (κ2) is 22.3. The third kappa shape index (κ3) is 14.2. The molecule has 0 radical (unpaired) electrons. The van der Waals surface area contributed by atoms with Gasteiger partial charge >= 0.3 is 0 Å². The number of unbranched alkanes of at least 4 members (excludes halogenated alkanes) is 15. The fraction of sp³-hybridized carbons (Fsp3) is 0.923. The molecule has 0 aliphatic carbocycles. The molecule has 1 unspecified atom stereocenters. The molecule has 0 aliphatic rings. The smallest absolute Gasteiger partial charge is 0.262 e. The van der Waals surface area contributed by atoms with Gasteiger partial charge in [0.15, 0.2) is 0 Å². The average molecular weight is 489 g/mol. The van der Waals surface area contributed by atoms with E-state index in [4.69, 9.17) is 30.8 Å². The van der Waals surface area contributed by atoms with E-state index in [1.54, 1.807) is 0 Å². The summed E-state index contributed by atoms with van der Waals surface area (Å²) >= 11 is 0. The van der Waals surface area contributed by atoms with Crippen LogP contribution >= 0.6 is 0 Å². The van der Waals surface area contributed by atoms with Crippen molar-refractivity contribution in [1.82, 2.24) is 0 Å². The second-order valence-corrected chi connectivity index (χ2v) is 9.14. The molecule has 1 atom stereocenters. The zero-order valence-electron chi connectivity index (χ0n) is 21.9. The summed E-state index contributed by atoms with van der Waals surface area (Å²) in [4.78, 5) is 24.2. The lowest BCUT2D eigenvalue weighted by atomic mass is 9.94. The predicted molar refractivity (Wildman–Crippen MR) is 135 cm³/mol. The van der Waals surface area contributed by atoms with Gasteiger partial charge in [-0.25, -0.2) is 0 Å². The second-order valence-electron chi connectivity index (χ2n) is 9.14. The van der Waals surface area contributed by atoms with Gasteiger partial charge in [-0.3, -0.25) is 9.59 Å². The monoisotopic (exact) mass is 488 g/mol. The Balaban J connectivity index is 3.95. The van der Waals surface area contributed by atoms with Crippen molar-refractivity contribution in [3.63, 3.8) is 0 Å². The fourth-order valence-electron chi connectivity index (χ4n) is 4.16. The quantitative estimate of drug-likeness (QED) is 0.124. The Morgan fingerprint density at radius 3 is 1.50 bits per heavy atom. The van der Waals surface area contributed by atoms with Crippen LogP contribution in [0.25, 0.3) is 0 Å². The largest absolute Gasteiger partial charge is 0.394 e. The van der Waals surface area contributed by atoms with Crippen molar-refractivity contribution in [3.05, 3.63) is 0 Å². The molecule has 0 aromatic heterocycles. The van der Waals surface area contributed by atoms with Gasteiger partial charge in [0.05, 0.1) is 19.8 Å². The molecule has 0 bridgehead atoms. The number of carbonyl (C=O) groups is 2. The molecule has 0 saturated heterocycles. The van der Waals surface area contributed by atoms with Crippen LogP contribution in [-0.2, 0) is 23.8 Å². The molecular formula is C26H52N2O6. The lowest BCUT2D eigenvalue weighted by Gasteiger charge is -2.34. The minimum Gasteiger partial charge on any atom is -0.394 e. The third-order valence-electron chi connectivity index (χ3n) is 6.30. The maximum atomic E-state index is 12.1. The number of primary amides is 2. The molecule has 0 rings (SSSR count). The summed E-state index contributed by atoms with van der Waals surface area (Å²) in [6, 6.07) is 0. The maximum Gasteiger partial charge on any atom is 0.262 e. The zero-order valence-corrected chi connectivity index (χ0v) is 21.9. The first-order valence-corrected chi connectivity index (χ1v) is 13.4. The van der Waals surface area contributed by atoms with Crippen LogP contribution in [0.15, 0.2) is 0 Å². The molecule has 0 aromatic carbocycles. The number of aliphatic hydroxyl groups excluding tert-OH is 1. The van der Waals surface area contributed by atoms with Crippen LogP contribution in [0.4, 0.5) is 0 Å². The minimum absolute atomic E-state index is 0.0343. The maximum absolute atomic E-state index is 12.1. The Morgan fingerprint density at radius 2 is 1.15 bits per heavy atom. The lowest BCUT2D eigenvalue weighted by Crippen LogP contribution is -2.65. The number of ether oxygens (including phenoxy) is 3. The molecule has 0 heterocycles. The van der Waals surface area contributed by atoms with Crippen LogP contribution in [0.1, 0.15) is 110 Å². The van der Waals surface area contributed by atoms with Crippen molar-refractivity contribution in [3.8, 4) is 0 Å². The van der Waals surface area contributed by atoms with Crippen LogP contribution in [-0.4, -0.2) is 62.2 Å². The molecule has 0 fully saturated rings. The van der Waals surface area contributed by atoms with Crippen molar-refractivity contribution in [2.45, 2.75) is 121 Å². The minimum atomic E-state index is -2.10. The van der Waals surface area contributed by atoms with E-state index >= 15 is 0 Å². The van der Waals surface area contributed by atoms with E-state index < -0.39 is 23.5 Å². The van der Waals surface area contributed by atoms with Crippen molar-refractivity contribution in [1.29, 1.82) is 0 Å². The molecule has 5 N–H and O–H groups in total. The predicted octanol–water partition coefficient (Wildman–Crippen LogP) is 4.00. The number of carbonyl (C=O) groups excluding carboxylic acids is 2. The average Bonchev–Trinajstić information content (AvgIpc) is 2.81. The number of methoxy groups -OCH3 is 1. The summed E-state index contributed by atoms with van der Waals surface area (Å²) in [5, 5.41) is 8.86. The van der Waals surface area contributed by atoms with Gasteiger partial charge in [0.2, 0.25) is 0 Å². The highest BCUT2D eigenvalue weighted by Crippen LogP contribution is 2.21. The van der Waals surface area contributed by atoms with Gasteiger partial charge in [0, 0.05) is 13.7 Å². The molecule has 34 heavy (non-hydrogen) atoms. The van der Waals surface area contributed by atoms with Gasteiger partial charge in [-0.2, -0.15) is 0 Å². The highest BCUT2D eigenvalue weighted by molar-refractivity contribution is 6.08. The van der Waals surface area contributed by atoms with Crippen LogP contribution < -0.4 is 11.5 Å². The molecule has 0 spiro atoms. The Morgan fingerprint density at radius 1 is 0.735 bits per heavy atom. The molecule has 2 amide bonds. The van der Waals surface area contributed by atoms with Gasteiger partial charge in [0.25, 0.3) is 17.4 Å². The summed E-state index contributed by atoms with van der Waals surface area (Å²) in [5.74, 6) is -2.01. The number of nitrogens with two attached hydrogens (primary N) is 2. The van der Waals surface area contributed by atoms with Crippen LogP contribution in [0.3, 0.4) is 0 Å². The number of hydrogen-bond donors (Lipinski definition) is 3. The standard InChI is InChI=1S/C26H52N2O6/c1-3-4-5-6-7-8-9-10-11-12-13-14-15-16-17-18-20-34-26(24(27)30,25(28)31)23(32-2)22-33-21-19-29/h23,29H,3-22H2,1-2H3,(H2,27,30)(H2,28,31). The van der Waals surface area contributed by atoms with E-state index in [-0.39, 0.29) is 26.4 Å². The van der Waals surface area contributed by atoms with Crippen LogP contribution in [0.5, 0.6) is 0 Å². The Hall–Kier alpha value is -1.22. The van der Waals surface area contributed by atoms with Crippen molar-refractivity contribution >= 4 is 11.8 Å². The topological polar surface area (TPSA) is 134 Å². The van der Waals surface area contributed by atoms with E-state index in [2.05, 4.69) is 6.92 Å². The number of rotatable bonds is 26. The summed E-state index contributed by atoms with van der Waals surface area (Å²) in [6.45, 7) is 2.11. The lowest BCUT2D eigenvalue weighted by molar-refractivity contribution is -0.182. The number of amides is 2. The van der Waals surface area contributed by atoms with Crippen LogP contribution in [0, 0.1) is 0 Å². The summed E-state index contributed by atoms with van der Waals surface area (Å²) < 4.78 is 16.1. The summed E-state index contributed by atoms with van der Waals surface area (Å²) in [5.41, 5.74) is 8.85. The number of aliphatic hydroxyl groups is 1. The molecule has 0 saturated carbocycles. The van der Waals surface area contributed by atoms with E-state index in [9.17, 15) is 9.59 Å². The highest BCUT2D eigenvalue weighted by Gasteiger charge is 2.52. The Bertz CT molecular complexity index is 490. The first kappa shape index (κ1) is 32.8. The molecule has 0 aliphatic heterocycles. The van der Waals surface area contributed by atoms with Gasteiger partial charge in [-0.1, -0.05) is 103 Å². The van der Waals surface area contributed by atoms with Crippen molar-refractivity contribution in [2.24, 2.45) is 11.5 Å². The molecule has 8 heteroatoms. The third-order valence-corrected chi connectivity index (χ3v) is 6.30. The first-order valence-electron chi connectivity index (χ1n) is 13.4. The van der Waals surface area contributed by atoms with E-state index in [0.29, 0.717) is 6.42 Å². The fourth-order valence-corrected chi connectivity index (χ4v) is 4.16. The van der Waals surface area contributed by atoms with Crippen molar-refractivity contribution < 1.29 is 28.9 Å². The number of hydrogen-bond acceptors (Lipinski definition) is 6. The normalized spacial score (nSPS) is 12.7. The van der Waals surface area contributed by atoms with Gasteiger partial charge in [0.1, 0.15) is 6.10 Å². The van der Waals surface area contributed by atoms with Crippen LogP contribution in [0.2, 0.25) is 0 Å². The van der Waals surface area contributed by atoms with E-state index in [1.165, 1.54) is 90.6 Å². The van der Waals surface area contributed by atoms with E-state index in [1.807, 2.05) is 0 Å². The molecule has 202 valence electrons. The summed E-state index contributed by atoms with van der Waals surface area (Å²) in [6.07, 6.45) is 19.0. The van der Waals surface area contributed by atoms with E-state index in [0.717, 1.165) is 12.8 Å².